The number of aromatic nitrogens is 2. The van der Waals surface area contributed by atoms with Crippen LogP contribution in [0.5, 0.6) is 0 Å². The van der Waals surface area contributed by atoms with Crippen LogP contribution in [0.1, 0.15) is 38.3 Å². The van der Waals surface area contributed by atoms with Crippen molar-refractivity contribution in [3.05, 3.63) is 59.1 Å². The second kappa shape index (κ2) is 11.1. The summed E-state index contributed by atoms with van der Waals surface area (Å²) in [6.07, 6.45) is 5.21. The summed E-state index contributed by atoms with van der Waals surface area (Å²) in [7, 11) is 0. The monoisotopic (exact) mass is 488 g/mol. The molecule has 0 saturated heterocycles. The molecule has 1 aliphatic rings. The van der Waals surface area contributed by atoms with E-state index in [-0.39, 0.29) is 17.6 Å². The van der Waals surface area contributed by atoms with Crippen LogP contribution in [0.3, 0.4) is 0 Å². The molecule has 6 nitrogen and oxygen atoms in total. The average Bonchev–Trinajstić information content (AvgIpc) is 3.22. The van der Waals surface area contributed by atoms with E-state index in [1.807, 2.05) is 13.0 Å². The van der Waals surface area contributed by atoms with Gasteiger partial charge in [-0.1, -0.05) is 11.6 Å². The summed E-state index contributed by atoms with van der Waals surface area (Å²) in [4.78, 5) is 21.1. The maximum absolute atomic E-state index is 13.3. The van der Waals surface area contributed by atoms with Crippen molar-refractivity contribution >= 4 is 29.3 Å². The number of rotatable bonds is 8. The van der Waals surface area contributed by atoms with Crippen LogP contribution in [-0.4, -0.2) is 28.5 Å². The Hall–Kier alpha value is -2.42. The first kappa shape index (κ1) is 23.7. The second-order valence-corrected chi connectivity index (χ2v) is 9.43. The van der Waals surface area contributed by atoms with Gasteiger partial charge in [-0.3, -0.25) is 4.79 Å². The number of halogens is 2. The van der Waals surface area contributed by atoms with Gasteiger partial charge in [0.2, 0.25) is 11.8 Å². The average molecular weight is 489 g/mol. The smallest absolute Gasteiger partial charge is 0.227 e. The van der Waals surface area contributed by atoms with Crippen LogP contribution < -0.4 is 10.6 Å². The van der Waals surface area contributed by atoms with Gasteiger partial charge in [0.1, 0.15) is 16.5 Å². The lowest BCUT2D eigenvalue weighted by atomic mass is 9.85. The first-order valence-corrected chi connectivity index (χ1v) is 12.3. The number of hydrogen-bond acceptors (Lipinski definition) is 6. The summed E-state index contributed by atoms with van der Waals surface area (Å²) in [5.41, 5.74) is 1.47. The van der Waals surface area contributed by atoms with Gasteiger partial charge >= 0.3 is 0 Å². The molecule has 0 radical (unpaired) electrons. The Morgan fingerprint density at radius 3 is 2.61 bits per heavy atom. The topological polar surface area (TPSA) is 80.0 Å². The molecule has 174 valence electrons. The van der Waals surface area contributed by atoms with E-state index in [1.165, 1.54) is 23.9 Å². The largest absolute Gasteiger partial charge is 0.429 e. The third-order valence-corrected chi connectivity index (χ3v) is 6.84. The van der Waals surface area contributed by atoms with Crippen molar-refractivity contribution in [1.82, 2.24) is 20.6 Å². The maximum atomic E-state index is 13.3. The highest BCUT2D eigenvalue weighted by molar-refractivity contribution is 7.99. The van der Waals surface area contributed by atoms with Gasteiger partial charge in [0, 0.05) is 36.8 Å². The minimum atomic E-state index is -0.310. The third-order valence-electron chi connectivity index (χ3n) is 5.66. The Kier molecular flexibility index (Phi) is 8.01. The number of benzene rings is 1. The van der Waals surface area contributed by atoms with E-state index in [0.29, 0.717) is 40.7 Å². The molecule has 0 unspecified atom stereocenters. The number of hydrogen-bond donors (Lipinski definition) is 2. The standard InChI is InChI=1S/C24H26ClFN4O2S/c1-2-27-22(31)15-5-10-19(11-6-15)28-14-20-24(33-21-12-7-17(25)13-29-21)32-23(30-20)16-3-8-18(26)9-4-16/h3-4,7-9,12-13,15,19,28H,2,5-6,10-11,14H2,1H3,(H,27,31). The molecule has 33 heavy (non-hydrogen) atoms. The summed E-state index contributed by atoms with van der Waals surface area (Å²) in [5.74, 6) is 0.381. The lowest BCUT2D eigenvalue weighted by Crippen LogP contribution is -2.38. The summed E-state index contributed by atoms with van der Waals surface area (Å²) in [6.45, 7) is 3.14. The van der Waals surface area contributed by atoms with Gasteiger partial charge in [0.05, 0.1) is 5.02 Å². The fraction of sp³-hybridized carbons (Fsp3) is 0.375. The number of oxazole rings is 1. The van der Waals surface area contributed by atoms with Gasteiger partial charge in [-0.05, 0) is 80.8 Å². The summed E-state index contributed by atoms with van der Waals surface area (Å²) in [6, 6.07) is 9.99. The van der Waals surface area contributed by atoms with Crippen molar-refractivity contribution in [3.63, 3.8) is 0 Å². The zero-order chi connectivity index (χ0) is 23.2. The molecule has 9 heteroatoms. The number of nitrogens with one attached hydrogen (secondary N) is 2. The van der Waals surface area contributed by atoms with Crippen LogP contribution in [-0.2, 0) is 11.3 Å². The normalized spacial score (nSPS) is 18.3. The minimum absolute atomic E-state index is 0.0993. The Balaban J connectivity index is 1.46. The third kappa shape index (κ3) is 6.34. The fourth-order valence-corrected chi connectivity index (χ4v) is 4.78. The van der Waals surface area contributed by atoms with Crippen LogP contribution in [0.25, 0.3) is 11.5 Å². The molecule has 1 aromatic carbocycles. The molecular formula is C24H26ClFN4O2S. The fourth-order valence-electron chi connectivity index (χ4n) is 3.88. The molecule has 4 rings (SSSR count). The lowest BCUT2D eigenvalue weighted by Gasteiger charge is -2.28. The molecule has 0 aliphatic heterocycles. The Labute approximate surface area is 201 Å². The van der Waals surface area contributed by atoms with Gasteiger partial charge in [0.15, 0.2) is 5.09 Å². The summed E-state index contributed by atoms with van der Waals surface area (Å²) in [5, 5.41) is 8.43. The second-order valence-electron chi connectivity index (χ2n) is 8.00. The van der Waals surface area contributed by atoms with E-state index in [9.17, 15) is 9.18 Å². The van der Waals surface area contributed by atoms with Crippen LogP contribution in [0, 0.1) is 11.7 Å². The Morgan fingerprint density at radius 2 is 1.94 bits per heavy atom. The molecule has 2 N–H and O–H groups in total. The highest BCUT2D eigenvalue weighted by atomic mass is 35.5. The van der Waals surface area contributed by atoms with Crippen LogP contribution in [0.4, 0.5) is 4.39 Å². The van der Waals surface area contributed by atoms with Crippen LogP contribution >= 0.6 is 23.4 Å². The van der Waals surface area contributed by atoms with E-state index < -0.39 is 0 Å². The molecule has 1 fully saturated rings. The molecule has 0 bridgehead atoms. The molecule has 0 spiro atoms. The number of amides is 1. The van der Waals surface area contributed by atoms with Gasteiger partial charge in [0.25, 0.3) is 0 Å². The molecule has 2 heterocycles. The molecule has 0 atom stereocenters. The first-order valence-electron chi connectivity index (χ1n) is 11.1. The highest BCUT2D eigenvalue weighted by Gasteiger charge is 2.26. The lowest BCUT2D eigenvalue weighted by molar-refractivity contribution is -0.125. The predicted octanol–water partition coefficient (Wildman–Crippen LogP) is 5.46. The van der Waals surface area contributed by atoms with Crippen molar-refractivity contribution in [2.45, 2.75) is 55.3 Å². The van der Waals surface area contributed by atoms with Crippen molar-refractivity contribution in [2.24, 2.45) is 5.92 Å². The highest BCUT2D eigenvalue weighted by Crippen LogP contribution is 2.34. The quantitative estimate of drug-likeness (QED) is 0.438. The van der Waals surface area contributed by atoms with Gasteiger partial charge in [-0.25, -0.2) is 14.4 Å². The molecule has 1 aliphatic carbocycles. The van der Waals surface area contributed by atoms with Crippen molar-refractivity contribution in [1.29, 1.82) is 0 Å². The van der Waals surface area contributed by atoms with Crippen molar-refractivity contribution in [3.8, 4) is 11.5 Å². The van der Waals surface area contributed by atoms with E-state index >= 15 is 0 Å². The van der Waals surface area contributed by atoms with Gasteiger partial charge in [-0.15, -0.1) is 0 Å². The maximum Gasteiger partial charge on any atom is 0.227 e. The predicted molar refractivity (Wildman–Crippen MR) is 127 cm³/mol. The van der Waals surface area contributed by atoms with Crippen LogP contribution in [0.15, 0.2) is 57.1 Å². The van der Waals surface area contributed by atoms with Crippen molar-refractivity contribution < 1.29 is 13.6 Å². The molecule has 1 amide bonds. The zero-order valence-corrected chi connectivity index (χ0v) is 19.9. The van der Waals surface area contributed by atoms with E-state index in [2.05, 4.69) is 20.6 Å². The zero-order valence-electron chi connectivity index (χ0n) is 18.3. The molecular weight excluding hydrogens is 463 g/mol. The van der Waals surface area contributed by atoms with Crippen LogP contribution in [0.2, 0.25) is 5.02 Å². The first-order chi connectivity index (χ1) is 16.0. The van der Waals surface area contributed by atoms with E-state index in [0.717, 1.165) is 36.4 Å². The minimum Gasteiger partial charge on any atom is -0.429 e. The summed E-state index contributed by atoms with van der Waals surface area (Å²) >= 11 is 7.32. The number of pyridine rings is 1. The Bertz CT molecular complexity index is 1070. The number of carbonyl (C=O) groups excluding carboxylic acids is 1. The molecule has 2 aromatic heterocycles. The van der Waals surface area contributed by atoms with Gasteiger partial charge in [-0.2, -0.15) is 0 Å². The molecule has 3 aromatic rings. The summed E-state index contributed by atoms with van der Waals surface area (Å²) < 4.78 is 19.4. The van der Waals surface area contributed by atoms with E-state index in [4.69, 9.17) is 16.0 Å². The Morgan fingerprint density at radius 1 is 1.18 bits per heavy atom. The van der Waals surface area contributed by atoms with Crippen molar-refractivity contribution in [2.75, 3.05) is 6.54 Å². The SMILES string of the molecule is CCNC(=O)C1CCC(NCc2nc(-c3ccc(F)cc3)oc2Sc2ccc(Cl)cn2)CC1. The van der Waals surface area contributed by atoms with Gasteiger partial charge < -0.3 is 15.1 Å². The van der Waals surface area contributed by atoms with E-state index in [1.54, 1.807) is 24.4 Å². The molecule has 1 saturated carbocycles. The number of carbonyl (C=O) groups is 1. The number of nitrogens with zero attached hydrogens (tertiary/aromatic N) is 2.